The van der Waals surface area contributed by atoms with Crippen molar-refractivity contribution in [2.45, 2.75) is 31.7 Å². The molecule has 2 heterocycles. The summed E-state index contributed by atoms with van der Waals surface area (Å²) in [6, 6.07) is 6.41. The number of nitrogens with zero attached hydrogens (tertiary/aromatic N) is 2. The molecule has 0 spiro atoms. The lowest BCUT2D eigenvalue weighted by Gasteiger charge is -2.33. The van der Waals surface area contributed by atoms with E-state index in [2.05, 4.69) is 0 Å². The highest BCUT2D eigenvalue weighted by Crippen LogP contribution is 2.34. The van der Waals surface area contributed by atoms with Crippen LogP contribution in [0.5, 0.6) is 0 Å². The van der Waals surface area contributed by atoms with Crippen molar-refractivity contribution < 1.29 is 14.0 Å². The third kappa shape index (κ3) is 2.85. The molecule has 0 aliphatic carbocycles. The summed E-state index contributed by atoms with van der Waals surface area (Å²) < 4.78 is 13.1. The summed E-state index contributed by atoms with van der Waals surface area (Å²) in [4.78, 5) is 28.2. The van der Waals surface area contributed by atoms with E-state index in [4.69, 9.17) is 0 Å². The minimum Gasteiger partial charge on any atom is -0.346 e. The number of hydrogen-bond acceptors (Lipinski definition) is 2. The van der Waals surface area contributed by atoms with Gasteiger partial charge in [-0.3, -0.25) is 9.59 Å². The SMILES string of the molecule is CN1CC[C@@H](C(=O)N2CCC[C@@H]2c2ccc(F)cc2)CC1=O. The van der Waals surface area contributed by atoms with Crippen LogP contribution in [-0.4, -0.2) is 41.8 Å². The van der Waals surface area contributed by atoms with E-state index in [1.165, 1.54) is 12.1 Å². The second kappa shape index (κ2) is 6.07. The predicted molar refractivity (Wildman–Crippen MR) is 80.4 cm³/mol. The Morgan fingerprint density at radius 1 is 1.18 bits per heavy atom. The van der Waals surface area contributed by atoms with Crippen LogP contribution < -0.4 is 0 Å². The Bertz CT molecular complexity index is 573. The molecule has 22 heavy (non-hydrogen) atoms. The van der Waals surface area contributed by atoms with Crippen molar-refractivity contribution in [3.8, 4) is 0 Å². The number of rotatable bonds is 2. The summed E-state index contributed by atoms with van der Waals surface area (Å²) in [6.45, 7) is 1.37. The molecule has 0 N–H and O–H groups in total. The van der Waals surface area contributed by atoms with Gasteiger partial charge in [0, 0.05) is 32.5 Å². The van der Waals surface area contributed by atoms with Gasteiger partial charge < -0.3 is 9.80 Å². The molecule has 0 saturated carbocycles. The smallest absolute Gasteiger partial charge is 0.226 e. The average Bonchev–Trinajstić information content (AvgIpc) is 2.99. The van der Waals surface area contributed by atoms with Crippen molar-refractivity contribution in [1.82, 2.24) is 9.80 Å². The first-order chi connectivity index (χ1) is 10.6. The summed E-state index contributed by atoms with van der Waals surface area (Å²) in [5.74, 6) is -0.347. The van der Waals surface area contributed by atoms with E-state index >= 15 is 0 Å². The molecule has 2 fully saturated rings. The zero-order chi connectivity index (χ0) is 15.7. The van der Waals surface area contributed by atoms with E-state index in [0.717, 1.165) is 31.4 Å². The van der Waals surface area contributed by atoms with Crippen LogP contribution in [-0.2, 0) is 9.59 Å². The van der Waals surface area contributed by atoms with Gasteiger partial charge in [-0.05, 0) is 37.0 Å². The Hall–Kier alpha value is -1.91. The Kier molecular flexibility index (Phi) is 4.14. The third-order valence-corrected chi connectivity index (χ3v) is 4.80. The molecule has 2 aliphatic rings. The van der Waals surface area contributed by atoms with Gasteiger partial charge in [0.1, 0.15) is 5.82 Å². The van der Waals surface area contributed by atoms with E-state index < -0.39 is 0 Å². The maximum Gasteiger partial charge on any atom is 0.226 e. The van der Waals surface area contributed by atoms with Crippen LogP contribution in [0.2, 0.25) is 0 Å². The Morgan fingerprint density at radius 3 is 2.59 bits per heavy atom. The fraction of sp³-hybridized carbons (Fsp3) is 0.529. The maximum atomic E-state index is 13.1. The number of halogens is 1. The summed E-state index contributed by atoms with van der Waals surface area (Å²) >= 11 is 0. The minimum atomic E-state index is -0.263. The van der Waals surface area contributed by atoms with E-state index in [1.807, 2.05) is 4.90 Å². The minimum absolute atomic E-state index is 0.0165. The van der Waals surface area contributed by atoms with Gasteiger partial charge in [-0.1, -0.05) is 12.1 Å². The fourth-order valence-electron chi connectivity index (χ4n) is 3.45. The molecule has 4 nitrogen and oxygen atoms in total. The van der Waals surface area contributed by atoms with E-state index in [1.54, 1.807) is 24.1 Å². The molecule has 1 aromatic rings. The highest BCUT2D eigenvalue weighted by atomic mass is 19.1. The number of likely N-dealkylation sites (tertiary alicyclic amines) is 2. The van der Waals surface area contributed by atoms with Crippen LogP contribution in [0, 0.1) is 11.7 Å². The summed E-state index contributed by atoms with van der Waals surface area (Å²) in [7, 11) is 1.78. The lowest BCUT2D eigenvalue weighted by atomic mass is 9.94. The van der Waals surface area contributed by atoms with Crippen LogP contribution in [0.1, 0.15) is 37.3 Å². The number of benzene rings is 1. The molecule has 2 saturated heterocycles. The number of carbonyl (C=O) groups is 2. The number of carbonyl (C=O) groups excluding carboxylic acids is 2. The van der Waals surface area contributed by atoms with Crippen molar-refractivity contribution in [2.24, 2.45) is 5.92 Å². The molecular formula is C17H21FN2O2. The monoisotopic (exact) mass is 304 g/mol. The van der Waals surface area contributed by atoms with Crippen molar-refractivity contribution in [3.05, 3.63) is 35.6 Å². The standard InChI is InChI=1S/C17H21FN2O2/c1-19-10-8-13(11-16(19)21)17(22)20-9-2-3-15(20)12-4-6-14(18)7-5-12/h4-7,13,15H,2-3,8-11H2,1H3/t13-,15-/m1/s1. The van der Waals surface area contributed by atoms with Crippen molar-refractivity contribution in [3.63, 3.8) is 0 Å². The van der Waals surface area contributed by atoms with Gasteiger partial charge in [-0.25, -0.2) is 4.39 Å². The van der Waals surface area contributed by atoms with Crippen molar-refractivity contribution >= 4 is 11.8 Å². The first kappa shape index (κ1) is 15.0. The second-order valence-corrected chi connectivity index (χ2v) is 6.25. The van der Waals surface area contributed by atoms with Gasteiger partial charge in [0.05, 0.1) is 6.04 Å². The fourth-order valence-corrected chi connectivity index (χ4v) is 3.45. The normalized spacial score (nSPS) is 25.6. The highest BCUT2D eigenvalue weighted by molar-refractivity contribution is 5.87. The molecule has 118 valence electrons. The molecule has 5 heteroatoms. The molecule has 3 rings (SSSR count). The van der Waals surface area contributed by atoms with Crippen LogP contribution in [0.4, 0.5) is 4.39 Å². The molecule has 2 amide bonds. The first-order valence-corrected chi connectivity index (χ1v) is 7.86. The van der Waals surface area contributed by atoms with E-state index in [9.17, 15) is 14.0 Å². The zero-order valence-corrected chi connectivity index (χ0v) is 12.8. The molecule has 0 radical (unpaired) electrons. The largest absolute Gasteiger partial charge is 0.346 e. The third-order valence-electron chi connectivity index (χ3n) is 4.80. The van der Waals surface area contributed by atoms with Crippen LogP contribution >= 0.6 is 0 Å². The van der Waals surface area contributed by atoms with Gasteiger partial charge in [0.2, 0.25) is 11.8 Å². The van der Waals surface area contributed by atoms with Crippen molar-refractivity contribution in [2.75, 3.05) is 20.1 Å². The lowest BCUT2D eigenvalue weighted by Crippen LogP contribution is -2.43. The van der Waals surface area contributed by atoms with Crippen LogP contribution in [0.25, 0.3) is 0 Å². The molecule has 0 unspecified atom stereocenters. The molecule has 0 aromatic heterocycles. The zero-order valence-electron chi connectivity index (χ0n) is 12.8. The van der Waals surface area contributed by atoms with Gasteiger partial charge in [-0.2, -0.15) is 0 Å². The summed E-state index contributed by atoms with van der Waals surface area (Å²) in [6.07, 6.45) is 2.89. The van der Waals surface area contributed by atoms with E-state index in [-0.39, 0.29) is 29.6 Å². The average molecular weight is 304 g/mol. The topological polar surface area (TPSA) is 40.6 Å². The summed E-state index contributed by atoms with van der Waals surface area (Å²) in [5.41, 5.74) is 0.978. The van der Waals surface area contributed by atoms with Crippen molar-refractivity contribution in [1.29, 1.82) is 0 Å². The van der Waals surface area contributed by atoms with Gasteiger partial charge in [0.25, 0.3) is 0 Å². The molecule has 2 atom stereocenters. The Morgan fingerprint density at radius 2 is 1.91 bits per heavy atom. The second-order valence-electron chi connectivity index (χ2n) is 6.25. The van der Waals surface area contributed by atoms with Crippen LogP contribution in [0.15, 0.2) is 24.3 Å². The highest BCUT2D eigenvalue weighted by Gasteiger charge is 2.36. The first-order valence-electron chi connectivity index (χ1n) is 7.86. The number of piperidine rings is 1. The predicted octanol–water partition coefficient (Wildman–Crippen LogP) is 2.36. The quantitative estimate of drug-likeness (QED) is 0.841. The van der Waals surface area contributed by atoms with Gasteiger partial charge >= 0.3 is 0 Å². The number of amides is 2. The molecule has 2 aliphatic heterocycles. The van der Waals surface area contributed by atoms with Crippen LogP contribution in [0.3, 0.4) is 0 Å². The lowest BCUT2D eigenvalue weighted by molar-refractivity contribution is -0.145. The molecule has 1 aromatic carbocycles. The van der Waals surface area contributed by atoms with Gasteiger partial charge in [-0.15, -0.1) is 0 Å². The van der Waals surface area contributed by atoms with E-state index in [0.29, 0.717) is 13.0 Å². The maximum absolute atomic E-state index is 13.1. The van der Waals surface area contributed by atoms with Gasteiger partial charge in [0.15, 0.2) is 0 Å². The summed E-state index contributed by atoms with van der Waals surface area (Å²) in [5, 5.41) is 0. The molecular weight excluding hydrogens is 283 g/mol. The molecule has 0 bridgehead atoms. The Labute approximate surface area is 129 Å². The Balaban J connectivity index is 1.74. The number of hydrogen-bond donors (Lipinski definition) is 0.